The van der Waals surface area contributed by atoms with Gasteiger partial charge in [-0.05, 0) is 49.0 Å². The molecule has 4 rings (SSSR count). The van der Waals surface area contributed by atoms with Crippen LogP contribution in [-0.4, -0.2) is 49.3 Å². The molecular formula is C23H21NO8. The number of carbonyl (C=O) groups is 4. The number of primary amides is 1. The Morgan fingerprint density at radius 3 is 2.47 bits per heavy atom. The number of hydrogen-bond acceptors (Lipinski definition) is 8. The molecule has 1 amide bonds. The molecule has 9 nitrogen and oxygen atoms in total. The zero-order valence-electron chi connectivity index (χ0n) is 17.1. The molecule has 0 radical (unpaired) electrons. The number of aromatic hydroxyl groups is 1. The SMILES string of the molecule is CC(=O)/C=C/c1ccc(O)c2c1C[C@H]1C[C@H]3CC(=O)C(C(N)=O)=C(O)[C@@]3(O)C(=O)C1=C2O. The summed E-state index contributed by atoms with van der Waals surface area (Å²) in [5, 5.41) is 43.0. The molecule has 1 saturated carbocycles. The first-order chi connectivity index (χ1) is 15.0. The molecule has 166 valence electrons. The maximum absolute atomic E-state index is 13.4. The average Bonchev–Trinajstić information content (AvgIpc) is 2.69. The van der Waals surface area contributed by atoms with Gasteiger partial charge in [-0.15, -0.1) is 0 Å². The zero-order chi connectivity index (χ0) is 23.5. The van der Waals surface area contributed by atoms with Crippen molar-refractivity contribution in [1.29, 1.82) is 0 Å². The molecule has 0 aliphatic heterocycles. The fourth-order valence-corrected chi connectivity index (χ4v) is 5.01. The number of aliphatic hydroxyl groups is 3. The van der Waals surface area contributed by atoms with E-state index in [4.69, 9.17) is 5.73 Å². The molecule has 6 N–H and O–H groups in total. The van der Waals surface area contributed by atoms with Gasteiger partial charge < -0.3 is 26.2 Å². The highest BCUT2D eigenvalue weighted by molar-refractivity contribution is 6.22. The number of ketones is 3. The molecular weight excluding hydrogens is 418 g/mol. The number of rotatable bonds is 3. The van der Waals surface area contributed by atoms with E-state index in [0.29, 0.717) is 11.1 Å². The topological polar surface area (TPSA) is 175 Å². The standard InChI is InChI=1S/C23H21NO8/c1-9(25)2-3-10-4-5-14(26)17-13(10)7-11-6-12-8-15(27)18(22(24)31)21(30)23(12,32)20(29)16(11)19(17)28/h2-5,11-12,26,28,30,32H,6-8H2,1H3,(H2,24,31)/b3-2+/t11-,12+,23+/m1/s1. The fourth-order valence-electron chi connectivity index (χ4n) is 5.01. The Morgan fingerprint density at radius 1 is 1.16 bits per heavy atom. The number of phenolic OH excluding ortho intramolecular Hbond substituents is 1. The zero-order valence-corrected chi connectivity index (χ0v) is 17.1. The summed E-state index contributed by atoms with van der Waals surface area (Å²) >= 11 is 0. The number of carbonyl (C=O) groups excluding carboxylic acids is 4. The number of hydrogen-bond donors (Lipinski definition) is 5. The Hall–Kier alpha value is -3.72. The summed E-state index contributed by atoms with van der Waals surface area (Å²) in [6.07, 6.45) is 2.73. The molecule has 0 aromatic heterocycles. The maximum atomic E-state index is 13.4. The van der Waals surface area contributed by atoms with E-state index < -0.39 is 52.0 Å². The van der Waals surface area contributed by atoms with Gasteiger partial charge in [-0.3, -0.25) is 19.2 Å². The van der Waals surface area contributed by atoms with Crippen molar-refractivity contribution in [1.82, 2.24) is 0 Å². The molecule has 1 fully saturated rings. The molecule has 32 heavy (non-hydrogen) atoms. The van der Waals surface area contributed by atoms with E-state index in [0.717, 1.165) is 0 Å². The predicted octanol–water partition coefficient (Wildman–Crippen LogP) is 1.03. The molecule has 0 bridgehead atoms. The van der Waals surface area contributed by atoms with Crippen LogP contribution in [0.15, 0.2) is 35.1 Å². The minimum Gasteiger partial charge on any atom is -0.508 e. The lowest BCUT2D eigenvalue weighted by Crippen LogP contribution is -2.58. The number of aliphatic hydroxyl groups excluding tert-OH is 2. The number of nitrogens with two attached hydrogens (primary N) is 1. The molecule has 0 heterocycles. The lowest BCUT2D eigenvalue weighted by Gasteiger charge is -2.46. The molecule has 3 aliphatic carbocycles. The van der Waals surface area contributed by atoms with Gasteiger partial charge in [-0.1, -0.05) is 12.1 Å². The molecule has 0 spiro atoms. The molecule has 1 aromatic rings. The predicted molar refractivity (Wildman–Crippen MR) is 111 cm³/mol. The van der Waals surface area contributed by atoms with Crippen molar-refractivity contribution in [3.05, 3.63) is 51.8 Å². The van der Waals surface area contributed by atoms with Crippen molar-refractivity contribution in [2.24, 2.45) is 17.6 Å². The second kappa shape index (κ2) is 7.16. The second-order valence-electron chi connectivity index (χ2n) is 8.38. The summed E-state index contributed by atoms with van der Waals surface area (Å²) in [6, 6.07) is 2.88. The van der Waals surface area contributed by atoms with Crippen molar-refractivity contribution < 1.29 is 39.6 Å². The Labute approximate surface area is 182 Å². The normalized spacial score (nSPS) is 27.3. The van der Waals surface area contributed by atoms with Gasteiger partial charge in [-0.25, -0.2) is 0 Å². The van der Waals surface area contributed by atoms with Crippen LogP contribution in [0.5, 0.6) is 5.75 Å². The third kappa shape index (κ3) is 2.89. The first kappa shape index (κ1) is 21.5. The Bertz CT molecular complexity index is 1200. The van der Waals surface area contributed by atoms with Crippen molar-refractivity contribution in [3.63, 3.8) is 0 Å². The van der Waals surface area contributed by atoms with Gasteiger partial charge in [0.05, 0.1) is 5.56 Å². The van der Waals surface area contributed by atoms with Crippen molar-refractivity contribution in [3.8, 4) is 5.75 Å². The van der Waals surface area contributed by atoms with Crippen LogP contribution in [0, 0.1) is 11.8 Å². The van der Waals surface area contributed by atoms with Gasteiger partial charge in [0.15, 0.2) is 17.2 Å². The molecule has 9 heteroatoms. The van der Waals surface area contributed by atoms with E-state index in [1.165, 1.54) is 25.1 Å². The van der Waals surface area contributed by atoms with Crippen LogP contribution in [-0.2, 0) is 25.6 Å². The van der Waals surface area contributed by atoms with Crippen LogP contribution in [0.1, 0.15) is 36.5 Å². The maximum Gasteiger partial charge on any atom is 0.255 e. The number of allylic oxidation sites excluding steroid dienone is 1. The molecule has 3 atom stereocenters. The number of benzene rings is 1. The average molecular weight is 439 g/mol. The lowest BCUT2D eigenvalue weighted by molar-refractivity contribution is -0.147. The van der Waals surface area contributed by atoms with E-state index in [-0.39, 0.29) is 41.9 Å². The van der Waals surface area contributed by atoms with Crippen LogP contribution >= 0.6 is 0 Å². The minimum absolute atomic E-state index is 0.0113. The molecule has 0 saturated heterocycles. The van der Waals surface area contributed by atoms with Gasteiger partial charge >= 0.3 is 0 Å². The summed E-state index contributed by atoms with van der Waals surface area (Å²) < 4.78 is 0. The van der Waals surface area contributed by atoms with E-state index >= 15 is 0 Å². The third-order valence-corrected chi connectivity index (χ3v) is 6.48. The van der Waals surface area contributed by atoms with Gasteiger partial charge in [0.2, 0.25) is 5.78 Å². The highest BCUT2D eigenvalue weighted by atomic mass is 16.3. The highest BCUT2D eigenvalue weighted by Gasteiger charge is 2.60. The Balaban J connectivity index is 1.92. The summed E-state index contributed by atoms with van der Waals surface area (Å²) in [4.78, 5) is 48.7. The Kier molecular flexibility index (Phi) is 4.82. The Morgan fingerprint density at radius 2 is 1.84 bits per heavy atom. The summed E-state index contributed by atoms with van der Waals surface area (Å²) in [6.45, 7) is 1.37. The van der Waals surface area contributed by atoms with Crippen LogP contribution < -0.4 is 5.73 Å². The second-order valence-corrected chi connectivity index (χ2v) is 8.38. The van der Waals surface area contributed by atoms with Gasteiger partial charge in [-0.2, -0.15) is 0 Å². The smallest absolute Gasteiger partial charge is 0.255 e. The fraction of sp³-hybridized carbons (Fsp3) is 0.304. The number of Topliss-reactive ketones (excluding diaryl/α,β-unsaturated/α-hetero) is 2. The highest BCUT2D eigenvalue weighted by Crippen LogP contribution is 2.52. The van der Waals surface area contributed by atoms with Crippen LogP contribution in [0.3, 0.4) is 0 Å². The number of phenols is 1. The van der Waals surface area contributed by atoms with Gasteiger partial charge in [0.25, 0.3) is 5.91 Å². The van der Waals surface area contributed by atoms with Crippen LogP contribution in [0.2, 0.25) is 0 Å². The summed E-state index contributed by atoms with van der Waals surface area (Å²) in [5.41, 5.74) is 2.60. The summed E-state index contributed by atoms with van der Waals surface area (Å²) in [7, 11) is 0. The lowest BCUT2D eigenvalue weighted by atomic mass is 9.59. The quantitative estimate of drug-likeness (QED) is 0.343. The van der Waals surface area contributed by atoms with Crippen molar-refractivity contribution in [2.45, 2.75) is 31.8 Å². The first-order valence-electron chi connectivity index (χ1n) is 9.99. The molecule has 1 aromatic carbocycles. The van der Waals surface area contributed by atoms with Crippen LogP contribution in [0.25, 0.3) is 11.8 Å². The van der Waals surface area contributed by atoms with E-state index in [1.54, 1.807) is 6.07 Å². The summed E-state index contributed by atoms with van der Waals surface area (Å²) in [5.74, 6) is -6.90. The van der Waals surface area contributed by atoms with Crippen molar-refractivity contribution in [2.75, 3.05) is 0 Å². The van der Waals surface area contributed by atoms with E-state index in [9.17, 15) is 39.6 Å². The molecule has 3 aliphatic rings. The minimum atomic E-state index is -2.59. The van der Waals surface area contributed by atoms with Gasteiger partial charge in [0.1, 0.15) is 22.8 Å². The van der Waals surface area contributed by atoms with Crippen LogP contribution in [0.4, 0.5) is 0 Å². The van der Waals surface area contributed by atoms with E-state index in [2.05, 4.69) is 0 Å². The first-order valence-corrected chi connectivity index (χ1v) is 9.99. The van der Waals surface area contributed by atoms with Gasteiger partial charge in [0, 0.05) is 17.9 Å². The van der Waals surface area contributed by atoms with E-state index in [1.807, 2.05) is 0 Å². The molecule has 0 unspecified atom stereocenters. The number of amides is 1. The monoisotopic (exact) mass is 439 g/mol. The largest absolute Gasteiger partial charge is 0.508 e. The third-order valence-electron chi connectivity index (χ3n) is 6.48. The number of fused-ring (bicyclic) bond motifs is 3. The van der Waals surface area contributed by atoms with Crippen molar-refractivity contribution >= 4 is 35.1 Å².